The van der Waals surface area contributed by atoms with Gasteiger partial charge in [0, 0.05) is 7.11 Å². The summed E-state index contributed by atoms with van der Waals surface area (Å²) in [5, 5.41) is 0. The standard InChI is InChI=1S/C10H16N2O3/c1-5-10(2,15-4)9-11-6-7(12-9)8(13)14-3/h6H,5H2,1-4H3,(H,11,12). The number of carbonyl (C=O) groups is 1. The minimum absolute atomic E-state index is 0.337. The number of aromatic amines is 1. The largest absolute Gasteiger partial charge is 0.464 e. The molecule has 0 saturated carbocycles. The van der Waals surface area contributed by atoms with Gasteiger partial charge in [0.1, 0.15) is 17.1 Å². The van der Waals surface area contributed by atoms with E-state index in [0.29, 0.717) is 11.5 Å². The number of imidazole rings is 1. The Bertz CT molecular complexity index is 342. The van der Waals surface area contributed by atoms with E-state index < -0.39 is 11.6 Å². The summed E-state index contributed by atoms with van der Waals surface area (Å²) in [6, 6.07) is 0. The van der Waals surface area contributed by atoms with Gasteiger partial charge in [-0.05, 0) is 13.3 Å². The highest BCUT2D eigenvalue weighted by Gasteiger charge is 2.28. The van der Waals surface area contributed by atoms with Gasteiger partial charge >= 0.3 is 5.97 Å². The van der Waals surface area contributed by atoms with Crippen molar-refractivity contribution in [2.24, 2.45) is 0 Å². The highest BCUT2D eigenvalue weighted by Crippen LogP contribution is 2.25. The molecule has 0 aromatic carbocycles. The molecule has 1 N–H and O–H groups in total. The number of H-pyrrole nitrogens is 1. The normalized spacial score (nSPS) is 14.7. The van der Waals surface area contributed by atoms with Crippen LogP contribution >= 0.6 is 0 Å². The highest BCUT2D eigenvalue weighted by molar-refractivity contribution is 5.86. The Morgan fingerprint density at radius 1 is 1.60 bits per heavy atom. The van der Waals surface area contributed by atoms with E-state index in [9.17, 15) is 4.79 Å². The summed E-state index contributed by atoms with van der Waals surface area (Å²) in [5.74, 6) is 0.205. The molecule has 0 aliphatic heterocycles. The zero-order valence-corrected chi connectivity index (χ0v) is 9.46. The molecular formula is C10H16N2O3. The van der Waals surface area contributed by atoms with Crippen molar-refractivity contribution in [3.8, 4) is 0 Å². The number of nitrogens with one attached hydrogen (secondary N) is 1. The molecule has 84 valence electrons. The van der Waals surface area contributed by atoms with Gasteiger partial charge < -0.3 is 14.5 Å². The lowest BCUT2D eigenvalue weighted by atomic mass is 10.0. The number of nitrogens with zero attached hydrogens (tertiary/aromatic N) is 1. The van der Waals surface area contributed by atoms with Crippen LogP contribution in [0.25, 0.3) is 0 Å². The molecule has 1 heterocycles. The Labute approximate surface area is 88.8 Å². The average Bonchev–Trinajstić information content (AvgIpc) is 2.76. The Morgan fingerprint density at radius 3 is 2.73 bits per heavy atom. The first kappa shape index (κ1) is 11.7. The van der Waals surface area contributed by atoms with Gasteiger partial charge in [-0.25, -0.2) is 9.78 Å². The van der Waals surface area contributed by atoms with Crippen LogP contribution in [-0.2, 0) is 15.1 Å². The fraction of sp³-hybridized carbons (Fsp3) is 0.600. The number of rotatable bonds is 4. The van der Waals surface area contributed by atoms with Gasteiger partial charge in [0.25, 0.3) is 0 Å². The number of carbonyl (C=O) groups excluding carboxylic acids is 1. The fourth-order valence-corrected chi connectivity index (χ4v) is 1.21. The van der Waals surface area contributed by atoms with Crippen molar-refractivity contribution in [2.45, 2.75) is 25.9 Å². The van der Waals surface area contributed by atoms with Crippen molar-refractivity contribution in [3.63, 3.8) is 0 Å². The van der Waals surface area contributed by atoms with Gasteiger partial charge in [0.05, 0.1) is 13.3 Å². The van der Waals surface area contributed by atoms with E-state index in [4.69, 9.17) is 4.74 Å². The molecule has 5 nitrogen and oxygen atoms in total. The third-order valence-corrected chi connectivity index (χ3v) is 2.61. The van der Waals surface area contributed by atoms with E-state index in [-0.39, 0.29) is 0 Å². The lowest BCUT2D eigenvalue weighted by Crippen LogP contribution is -2.25. The third-order valence-electron chi connectivity index (χ3n) is 2.61. The molecular weight excluding hydrogens is 196 g/mol. The molecule has 0 aliphatic rings. The SMILES string of the molecule is CCC(C)(OC)c1ncc(C(=O)OC)[nH]1. The van der Waals surface area contributed by atoms with Gasteiger partial charge in [-0.3, -0.25) is 0 Å². The molecule has 0 saturated heterocycles. The Morgan fingerprint density at radius 2 is 2.27 bits per heavy atom. The van der Waals surface area contributed by atoms with Crippen LogP contribution in [0, 0.1) is 0 Å². The van der Waals surface area contributed by atoms with Crippen molar-refractivity contribution >= 4 is 5.97 Å². The topological polar surface area (TPSA) is 64.2 Å². The van der Waals surface area contributed by atoms with E-state index in [1.807, 2.05) is 13.8 Å². The number of methoxy groups -OCH3 is 2. The predicted octanol–water partition coefficient (Wildman–Crippen LogP) is 1.47. The van der Waals surface area contributed by atoms with Crippen LogP contribution in [0.15, 0.2) is 6.20 Å². The van der Waals surface area contributed by atoms with Crippen molar-refractivity contribution in [2.75, 3.05) is 14.2 Å². The summed E-state index contributed by atoms with van der Waals surface area (Å²) in [5.41, 5.74) is -0.157. The maximum atomic E-state index is 11.2. The zero-order valence-electron chi connectivity index (χ0n) is 9.46. The molecule has 0 aliphatic carbocycles. The van der Waals surface area contributed by atoms with E-state index in [1.54, 1.807) is 7.11 Å². The van der Waals surface area contributed by atoms with Crippen LogP contribution in [0.2, 0.25) is 0 Å². The summed E-state index contributed by atoms with van der Waals surface area (Å²) >= 11 is 0. The fourth-order valence-electron chi connectivity index (χ4n) is 1.21. The minimum atomic E-state index is -0.494. The average molecular weight is 212 g/mol. The first-order chi connectivity index (χ1) is 7.07. The molecule has 15 heavy (non-hydrogen) atoms. The summed E-state index contributed by atoms with van der Waals surface area (Å²) in [6.07, 6.45) is 2.21. The second-order valence-electron chi connectivity index (χ2n) is 3.43. The maximum absolute atomic E-state index is 11.2. The predicted molar refractivity (Wildman–Crippen MR) is 54.6 cm³/mol. The summed E-state index contributed by atoms with van der Waals surface area (Å²) in [4.78, 5) is 18.2. The molecule has 1 aromatic heterocycles. The Kier molecular flexibility index (Phi) is 3.47. The van der Waals surface area contributed by atoms with Gasteiger partial charge in [-0.1, -0.05) is 6.92 Å². The van der Waals surface area contributed by atoms with Crippen molar-refractivity contribution in [1.82, 2.24) is 9.97 Å². The number of ether oxygens (including phenoxy) is 2. The lowest BCUT2D eigenvalue weighted by molar-refractivity contribution is -0.00839. The molecule has 1 aromatic rings. The van der Waals surface area contributed by atoms with E-state index in [2.05, 4.69) is 14.7 Å². The molecule has 0 radical (unpaired) electrons. The second kappa shape index (κ2) is 4.44. The summed E-state index contributed by atoms with van der Waals surface area (Å²) in [7, 11) is 2.95. The van der Waals surface area contributed by atoms with Crippen molar-refractivity contribution in [3.05, 3.63) is 17.7 Å². The van der Waals surface area contributed by atoms with E-state index >= 15 is 0 Å². The van der Waals surface area contributed by atoms with Crippen LogP contribution in [0.5, 0.6) is 0 Å². The molecule has 1 rings (SSSR count). The van der Waals surface area contributed by atoms with E-state index in [0.717, 1.165) is 6.42 Å². The molecule has 0 spiro atoms. The third kappa shape index (κ3) is 2.18. The van der Waals surface area contributed by atoms with E-state index in [1.165, 1.54) is 13.3 Å². The number of hydrogen-bond donors (Lipinski definition) is 1. The van der Waals surface area contributed by atoms with Gasteiger partial charge in [-0.2, -0.15) is 0 Å². The van der Waals surface area contributed by atoms with Gasteiger partial charge in [-0.15, -0.1) is 0 Å². The maximum Gasteiger partial charge on any atom is 0.356 e. The molecule has 0 fully saturated rings. The van der Waals surface area contributed by atoms with Crippen LogP contribution in [0.4, 0.5) is 0 Å². The first-order valence-electron chi connectivity index (χ1n) is 4.76. The van der Waals surface area contributed by atoms with Crippen LogP contribution < -0.4 is 0 Å². The van der Waals surface area contributed by atoms with Gasteiger partial charge in [0.15, 0.2) is 0 Å². The van der Waals surface area contributed by atoms with Crippen LogP contribution in [0.3, 0.4) is 0 Å². The quantitative estimate of drug-likeness (QED) is 0.767. The highest BCUT2D eigenvalue weighted by atomic mass is 16.5. The van der Waals surface area contributed by atoms with Gasteiger partial charge in [0.2, 0.25) is 0 Å². The Hall–Kier alpha value is -1.36. The molecule has 0 bridgehead atoms. The molecule has 0 amide bonds. The zero-order chi connectivity index (χ0) is 11.5. The first-order valence-corrected chi connectivity index (χ1v) is 4.76. The van der Waals surface area contributed by atoms with Crippen molar-refractivity contribution in [1.29, 1.82) is 0 Å². The van der Waals surface area contributed by atoms with Crippen LogP contribution in [0.1, 0.15) is 36.6 Å². The van der Waals surface area contributed by atoms with Crippen LogP contribution in [-0.4, -0.2) is 30.2 Å². The number of hydrogen-bond acceptors (Lipinski definition) is 4. The van der Waals surface area contributed by atoms with Crippen molar-refractivity contribution < 1.29 is 14.3 Å². The molecule has 5 heteroatoms. The Balaban J connectivity index is 2.97. The molecule has 1 atom stereocenters. The summed E-state index contributed by atoms with van der Waals surface area (Å²) in [6.45, 7) is 3.90. The summed E-state index contributed by atoms with van der Waals surface area (Å²) < 4.78 is 9.93. The number of esters is 1. The minimum Gasteiger partial charge on any atom is -0.464 e. The second-order valence-corrected chi connectivity index (χ2v) is 3.43. The molecule has 1 unspecified atom stereocenters. The monoisotopic (exact) mass is 212 g/mol. The number of aromatic nitrogens is 2. The smallest absolute Gasteiger partial charge is 0.356 e. The lowest BCUT2D eigenvalue weighted by Gasteiger charge is -2.23.